The summed E-state index contributed by atoms with van der Waals surface area (Å²) in [7, 11) is 3.15. The van der Waals surface area contributed by atoms with Crippen LogP contribution < -0.4 is 19.7 Å². The van der Waals surface area contributed by atoms with Crippen LogP contribution in [-0.4, -0.2) is 25.9 Å². The Hall–Kier alpha value is -4.55. The molecule has 4 aromatic rings. The van der Waals surface area contributed by atoms with Crippen LogP contribution in [0.3, 0.4) is 0 Å². The number of para-hydroxylation sites is 2. The Morgan fingerprint density at radius 2 is 1.55 bits per heavy atom. The first kappa shape index (κ1) is 27.6. The van der Waals surface area contributed by atoms with E-state index in [0.29, 0.717) is 46.2 Å². The number of amides is 1. The third kappa shape index (κ3) is 5.03. The number of carbonyl (C=O) groups is 2. The van der Waals surface area contributed by atoms with Gasteiger partial charge in [-0.2, -0.15) is 0 Å². The first-order chi connectivity index (χ1) is 20.4. The second-order valence-electron chi connectivity index (χ2n) is 10.7. The van der Waals surface area contributed by atoms with Crippen molar-refractivity contribution in [2.24, 2.45) is 0 Å². The van der Waals surface area contributed by atoms with Crippen LogP contribution in [0, 0.1) is 6.92 Å². The van der Waals surface area contributed by atoms with Crippen LogP contribution in [0.1, 0.15) is 51.8 Å². The summed E-state index contributed by atoms with van der Waals surface area (Å²) in [6, 6.07) is 27.7. The Balaban J connectivity index is 1.57. The summed E-state index contributed by atoms with van der Waals surface area (Å²) in [4.78, 5) is 30.5. The van der Waals surface area contributed by atoms with Gasteiger partial charge >= 0.3 is 0 Å². The molecule has 1 aliphatic heterocycles. The van der Waals surface area contributed by atoms with E-state index in [1.807, 2.05) is 42.5 Å². The Morgan fingerprint density at radius 1 is 0.857 bits per heavy atom. The first-order valence-corrected chi connectivity index (χ1v) is 14.3. The summed E-state index contributed by atoms with van der Waals surface area (Å²) >= 11 is 6.17. The number of hydrogen-bond donors (Lipinski definition) is 1. The molecule has 0 aromatic heterocycles. The van der Waals surface area contributed by atoms with Crippen LogP contribution in [-0.2, 0) is 4.79 Å². The second kappa shape index (κ2) is 11.4. The largest absolute Gasteiger partial charge is 0.493 e. The minimum absolute atomic E-state index is 0.00387. The zero-order valence-electron chi connectivity index (χ0n) is 23.7. The Morgan fingerprint density at radius 3 is 2.26 bits per heavy atom. The van der Waals surface area contributed by atoms with E-state index in [2.05, 4.69) is 36.5 Å². The zero-order valence-corrected chi connectivity index (χ0v) is 24.4. The van der Waals surface area contributed by atoms with Gasteiger partial charge < -0.3 is 14.8 Å². The highest BCUT2D eigenvalue weighted by atomic mass is 35.5. The maximum atomic E-state index is 14.5. The molecule has 0 unspecified atom stereocenters. The van der Waals surface area contributed by atoms with E-state index in [-0.39, 0.29) is 17.6 Å². The molecule has 6 rings (SSSR count). The lowest BCUT2D eigenvalue weighted by Gasteiger charge is -2.35. The molecule has 0 bridgehead atoms. The second-order valence-corrected chi connectivity index (χ2v) is 11.1. The van der Waals surface area contributed by atoms with E-state index < -0.39 is 6.04 Å². The summed E-state index contributed by atoms with van der Waals surface area (Å²) in [5.41, 5.74) is 6.31. The molecular weight excluding hydrogens is 548 g/mol. The summed E-state index contributed by atoms with van der Waals surface area (Å²) in [6.45, 7) is 2.06. The number of ketones is 1. The molecular formula is C35H31ClN2O4. The molecule has 0 spiro atoms. The number of nitrogens with one attached hydrogen (secondary N) is 1. The molecule has 42 heavy (non-hydrogen) atoms. The van der Waals surface area contributed by atoms with E-state index in [4.69, 9.17) is 21.1 Å². The van der Waals surface area contributed by atoms with Crippen molar-refractivity contribution >= 4 is 34.7 Å². The summed E-state index contributed by atoms with van der Waals surface area (Å²) in [6.07, 6.45) is 0.970. The van der Waals surface area contributed by atoms with Gasteiger partial charge in [-0.1, -0.05) is 59.6 Å². The number of halogens is 1. The quantitative estimate of drug-likeness (QED) is 0.261. The number of Topliss-reactive ketones (excluding diaryl/α,β-unsaturated/α-hetero) is 1. The SMILES string of the molecule is COc1ccc([C@H]2C3=C(C[C@H](c4ccc(C)cc4)CC3=O)Nc3ccccc3N2C(=O)c2ccc(Cl)cc2)cc1OC. The van der Waals surface area contributed by atoms with E-state index in [9.17, 15) is 9.59 Å². The number of benzene rings is 4. The van der Waals surface area contributed by atoms with Crippen molar-refractivity contribution in [1.82, 2.24) is 0 Å². The Labute approximate surface area is 250 Å². The molecule has 1 amide bonds. The Kier molecular flexibility index (Phi) is 7.48. The number of hydrogen-bond acceptors (Lipinski definition) is 5. The van der Waals surface area contributed by atoms with Gasteiger partial charge in [0.05, 0.1) is 31.6 Å². The van der Waals surface area contributed by atoms with E-state index in [1.54, 1.807) is 43.4 Å². The van der Waals surface area contributed by atoms with Crippen molar-refractivity contribution in [2.45, 2.75) is 31.7 Å². The van der Waals surface area contributed by atoms with E-state index in [0.717, 1.165) is 22.5 Å². The van der Waals surface area contributed by atoms with Crippen LogP contribution in [0.25, 0.3) is 0 Å². The lowest BCUT2D eigenvalue weighted by atomic mass is 9.78. The molecule has 0 saturated carbocycles. The third-order valence-corrected chi connectivity index (χ3v) is 8.32. The minimum Gasteiger partial charge on any atom is -0.493 e. The highest BCUT2D eigenvalue weighted by molar-refractivity contribution is 6.30. The van der Waals surface area contributed by atoms with E-state index in [1.165, 1.54) is 5.56 Å². The van der Waals surface area contributed by atoms with Gasteiger partial charge in [-0.05, 0) is 78.9 Å². The highest BCUT2D eigenvalue weighted by Gasteiger charge is 2.42. The fraction of sp³-hybridized carbons (Fsp3) is 0.200. The average molecular weight is 579 g/mol. The topological polar surface area (TPSA) is 67.9 Å². The molecule has 0 radical (unpaired) electrons. The van der Waals surface area contributed by atoms with E-state index >= 15 is 0 Å². The lowest BCUT2D eigenvalue weighted by molar-refractivity contribution is -0.116. The van der Waals surface area contributed by atoms with Gasteiger partial charge in [0.1, 0.15) is 0 Å². The third-order valence-electron chi connectivity index (χ3n) is 8.07. The van der Waals surface area contributed by atoms with Gasteiger partial charge in [-0.15, -0.1) is 0 Å². The van der Waals surface area contributed by atoms with Crippen molar-refractivity contribution in [3.8, 4) is 11.5 Å². The van der Waals surface area contributed by atoms with Crippen molar-refractivity contribution in [1.29, 1.82) is 0 Å². The average Bonchev–Trinajstić information content (AvgIpc) is 3.15. The van der Waals surface area contributed by atoms with Gasteiger partial charge in [-0.3, -0.25) is 14.5 Å². The van der Waals surface area contributed by atoms with Crippen LogP contribution in [0.4, 0.5) is 11.4 Å². The molecule has 2 atom stereocenters. The predicted octanol–water partition coefficient (Wildman–Crippen LogP) is 7.88. The lowest BCUT2D eigenvalue weighted by Crippen LogP contribution is -2.38. The normalized spacial score (nSPS) is 18.0. The highest BCUT2D eigenvalue weighted by Crippen LogP contribution is 2.48. The van der Waals surface area contributed by atoms with Crippen molar-refractivity contribution in [3.63, 3.8) is 0 Å². The first-order valence-electron chi connectivity index (χ1n) is 13.9. The molecule has 7 heteroatoms. The van der Waals surface area contributed by atoms with Gasteiger partial charge in [0.2, 0.25) is 0 Å². The van der Waals surface area contributed by atoms with Gasteiger partial charge in [0.15, 0.2) is 17.3 Å². The smallest absolute Gasteiger partial charge is 0.259 e. The number of methoxy groups -OCH3 is 2. The number of anilines is 2. The molecule has 1 aliphatic carbocycles. The fourth-order valence-electron chi connectivity index (χ4n) is 5.96. The number of aryl methyl sites for hydroxylation is 1. The molecule has 4 aromatic carbocycles. The number of rotatable bonds is 5. The molecule has 212 valence electrons. The molecule has 6 nitrogen and oxygen atoms in total. The fourth-order valence-corrected chi connectivity index (χ4v) is 6.08. The van der Waals surface area contributed by atoms with Crippen LogP contribution >= 0.6 is 11.6 Å². The summed E-state index contributed by atoms with van der Waals surface area (Å²) < 4.78 is 11.2. The molecule has 1 heterocycles. The number of allylic oxidation sites excluding steroid dienone is 1. The van der Waals surface area contributed by atoms with Crippen molar-refractivity contribution in [3.05, 3.63) is 130 Å². The summed E-state index contributed by atoms with van der Waals surface area (Å²) in [5.74, 6) is 0.842. The van der Waals surface area contributed by atoms with Gasteiger partial charge in [0.25, 0.3) is 5.91 Å². The standard InChI is InChI=1S/C35H31ClN2O4/c1-21-8-10-22(11-9-21)25-18-28-33(30(39)19-25)34(24-14-17-31(41-2)32(20-24)42-3)38(29-7-5-4-6-27(29)37-28)35(40)23-12-15-26(36)16-13-23/h4-17,20,25,34,37H,18-19H2,1-3H3/t25-,34-/m0/s1. The number of ether oxygens (including phenoxy) is 2. The number of carbonyl (C=O) groups excluding carboxylic acids is 2. The molecule has 0 saturated heterocycles. The maximum Gasteiger partial charge on any atom is 0.259 e. The molecule has 0 fully saturated rings. The van der Waals surface area contributed by atoms with Crippen molar-refractivity contribution in [2.75, 3.05) is 24.4 Å². The van der Waals surface area contributed by atoms with Crippen LogP contribution in [0.2, 0.25) is 5.02 Å². The zero-order chi connectivity index (χ0) is 29.4. The number of fused-ring (bicyclic) bond motifs is 1. The predicted molar refractivity (Wildman–Crippen MR) is 166 cm³/mol. The molecule has 1 N–H and O–H groups in total. The van der Waals surface area contributed by atoms with Crippen LogP contribution in [0.15, 0.2) is 102 Å². The number of nitrogens with zero attached hydrogens (tertiary/aromatic N) is 1. The van der Waals surface area contributed by atoms with Crippen molar-refractivity contribution < 1.29 is 19.1 Å². The minimum atomic E-state index is -0.717. The molecule has 2 aliphatic rings. The Bertz CT molecular complexity index is 1700. The van der Waals surface area contributed by atoms with Gasteiger partial charge in [-0.25, -0.2) is 0 Å². The summed E-state index contributed by atoms with van der Waals surface area (Å²) in [5, 5.41) is 4.12. The van der Waals surface area contributed by atoms with Gasteiger partial charge in [0, 0.05) is 28.3 Å². The monoisotopic (exact) mass is 578 g/mol. The van der Waals surface area contributed by atoms with Crippen LogP contribution in [0.5, 0.6) is 11.5 Å². The maximum absolute atomic E-state index is 14.5.